The van der Waals surface area contributed by atoms with E-state index in [4.69, 9.17) is 25.8 Å². The molecule has 1 amide bonds. The van der Waals surface area contributed by atoms with Crippen LogP contribution in [0.5, 0.6) is 17.2 Å². The number of carbonyl (C=O) groups excluding carboxylic acids is 1. The Kier molecular flexibility index (Phi) is 4.56. The summed E-state index contributed by atoms with van der Waals surface area (Å²) < 4.78 is 17.5. The van der Waals surface area contributed by atoms with Crippen LogP contribution in [0.3, 0.4) is 0 Å². The van der Waals surface area contributed by atoms with Gasteiger partial charge in [-0.25, -0.2) is 4.98 Å². The van der Waals surface area contributed by atoms with Crippen LogP contribution in [-0.4, -0.2) is 28.2 Å². The van der Waals surface area contributed by atoms with Gasteiger partial charge in [0.1, 0.15) is 17.1 Å². The smallest absolute Gasteiger partial charge is 0.281 e. The second-order valence-corrected chi connectivity index (χ2v) is 6.65. The highest BCUT2D eigenvalue weighted by Gasteiger charge is 2.21. The summed E-state index contributed by atoms with van der Waals surface area (Å²) in [6.07, 6.45) is 0.590. The van der Waals surface area contributed by atoms with Crippen molar-refractivity contribution in [3.63, 3.8) is 0 Å². The van der Waals surface area contributed by atoms with Crippen LogP contribution in [0.2, 0.25) is 5.02 Å². The van der Waals surface area contributed by atoms with Crippen molar-refractivity contribution >= 4 is 28.8 Å². The number of hydrogen-bond donors (Lipinski definition) is 1. The molecule has 0 aliphatic carbocycles. The Morgan fingerprint density at radius 1 is 1.29 bits per heavy atom. The molecule has 0 saturated heterocycles. The summed E-state index contributed by atoms with van der Waals surface area (Å²) in [6, 6.07) is 8.30. The van der Waals surface area contributed by atoms with Gasteiger partial charge in [0.2, 0.25) is 6.79 Å². The summed E-state index contributed by atoms with van der Waals surface area (Å²) in [6.45, 7) is 3.38. The lowest BCUT2D eigenvalue weighted by atomic mass is 10.3. The Morgan fingerprint density at radius 3 is 2.89 bits per heavy atom. The van der Waals surface area contributed by atoms with Gasteiger partial charge in [0.15, 0.2) is 17.6 Å². The largest absolute Gasteiger partial charge is 0.481 e. The monoisotopic (exact) mass is 401 g/mol. The molecule has 1 aromatic carbocycles. The molecular formula is C19H16ClN3O5. The Hall–Kier alpha value is -3.26. The normalized spacial score (nSPS) is 13.4. The first kappa shape index (κ1) is 18.1. The minimum atomic E-state index is -0.862. The molecule has 0 spiro atoms. The van der Waals surface area contributed by atoms with Crippen LogP contribution < -0.4 is 25.1 Å². The summed E-state index contributed by atoms with van der Waals surface area (Å²) in [5.74, 6) is 1.13. The summed E-state index contributed by atoms with van der Waals surface area (Å²) >= 11 is 5.96. The number of carbonyl (C=O) groups is 1. The van der Waals surface area contributed by atoms with E-state index in [9.17, 15) is 9.59 Å². The van der Waals surface area contributed by atoms with E-state index in [0.29, 0.717) is 33.6 Å². The van der Waals surface area contributed by atoms with Gasteiger partial charge in [-0.2, -0.15) is 0 Å². The van der Waals surface area contributed by atoms with E-state index in [2.05, 4.69) is 10.3 Å². The van der Waals surface area contributed by atoms with Crippen molar-refractivity contribution < 1.29 is 19.0 Å². The molecule has 2 aromatic heterocycles. The number of halogens is 1. The molecule has 0 fully saturated rings. The zero-order chi connectivity index (χ0) is 19.8. The van der Waals surface area contributed by atoms with Crippen molar-refractivity contribution in [3.8, 4) is 17.2 Å². The van der Waals surface area contributed by atoms with E-state index in [1.54, 1.807) is 44.2 Å². The Bertz CT molecular complexity index is 1140. The molecule has 0 saturated carbocycles. The molecule has 0 bridgehead atoms. The molecule has 1 aliphatic heterocycles. The minimum Gasteiger partial charge on any atom is -0.481 e. The molecule has 1 aliphatic rings. The van der Waals surface area contributed by atoms with Crippen LogP contribution in [0.4, 0.5) is 5.69 Å². The summed E-state index contributed by atoms with van der Waals surface area (Å²) in [7, 11) is 0. The molecule has 8 nitrogen and oxygen atoms in total. The molecule has 1 N–H and O–H groups in total. The van der Waals surface area contributed by atoms with Crippen LogP contribution >= 0.6 is 11.6 Å². The third kappa shape index (κ3) is 3.34. The van der Waals surface area contributed by atoms with Gasteiger partial charge in [-0.1, -0.05) is 11.6 Å². The van der Waals surface area contributed by atoms with Crippen LogP contribution in [0.15, 0.2) is 41.3 Å². The van der Waals surface area contributed by atoms with Crippen LogP contribution in [-0.2, 0) is 4.79 Å². The SMILES string of the molecule is Cc1nc2ccc(Cl)cn2c(=O)c1NC(=O)[C@@H](C)Oc1ccc2c(c1)OCO2. The van der Waals surface area contributed by atoms with Gasteiger partial charge in [-0.05, 0) is 38.1 Å². The maximum atomic E-state index is 12.7. The molecular weight excluding hydrogens is 386 g/mol. The van der Waals surface area contributed by atoms with Gasteiger partial charge in [-0.15, -0.1) is 0 Å². The lowest BCUT2D eigenvalue weighted by molar-refractivity contribution is -0.122. The number of benzene rings is 1. The van der Waals surface area contributed by atoms with Crippen molar-refractivity contribution in [2.75, 3.05) is 12.1 Å². The molecule has 0 unspecified atom stereocenters. The predicted octanol–water partition coefficient (Wildman–Crippen LogP) is 2.79. The van der Waals surface area contributed by atoms with Gasteiger partial charge < -0.3 is 19.5 Å². The average molecular weight is 402 g/mol. The van der Waals surface area contributed by atoms with E-state index < -0.39 is 17.6 Å². The van der Waals surface area contributed by atoms with Crippen LogP contribution in [0, 0.1) is 6.92 Å². The highest BCUT2D eigenvalue weighted by molar-refractivity contribution is 6.30. The predicted molar refractivity (Wildman–Crippen MR) is 102 cm³/mol. The number of amides is 1. The van der Waals surface area contributed by atoms with Gasteiger partial charge in [0, 0.05) is 12.3 Å². The fraction of sp³-hybridized carbons (Fsp3) is 0.211. The Morgan fingerprint density at radius 2 is 2.07 bits per heavy atom. The number of aryl methyl sites for hydroxylation is 1. The zero-order valence-corrected chi connectivity index (χ0v) is 15.8. The molecule has 9 heteroatoms. The lowest BCUT2D eigenvalue weighted by Gasteiger charge is -2.16. The standard InChI is InChI=1S/C19H16ClN3O5/c1-10-17(19(25)23-8-12(20)3-6-16(23)21-10)22-18(24)11(2)28-13-4-5-14-15(7-13)27-9-26-14/h3-8,11H,9H2,1-2H3,(H,22,24)/t11-/m1/s1. The second kappa shape index (κ2) is 7.05. The molecule has 144 valence electrons. The summed E-state index contributed by atoms with van der Waals surface area (Å²) in [5.41, 5.74) is 0.491. The van der Waals surface area contributed by atoms with Gasteiger partial charge in [0.25, 0.3) is 11.5 Å². The molecule has 4 rings (SSSR count). The number of rotatable bonds is 4. The molecule has 0 radical (unpaired) electrons. The van der Waals surface area contributed by atoms with E-state index in [1.165, 1.54) is 10.6 Å². The van der Waals surface area contributed by atoms with E-state index in [0.717, 1.165) is 0 Å². The first-order valence-corrected chi connectivity index (χ1v) is 8.86. The number of nitrogens with zero attached hydrogens (tertiary/aromatic N) is 2. The van der Waals surface area contributed by atoms with E-state index >= 15 is 0 Å². The average Bonchev–Trinajstić information content (AvgIpc) is 3.13. The third-order valence-electron chi connectivity index (χ3n) is 4.24. The molecule has 1 atom stereocenters. The highest BCUT2D eigenvalue weighted by Crippen LogP contribution is 2.35. The Balaban J connectivity index is 1.55. The number of ether oxygens (including phenoxy) is 3. The second-order valence-electron chi connectivity index (χ2n) is 6.22. The van der Waals surface area contributed by atoms with Crippen molar-refractivity contribution in [3.05, 3.63) is 57.6 Å². The van der Waals surface area contributed by atoms with Crippen molar-refractivity contribution in [2.24, 2.45) is 0 Å². The molecule has 28 heavy (non-hydrogen) atoms. The summed E-state index contributed by atoms with van der Waals surface area (Å²) in [4.78, 5) is 29.6. The van der Waals surface area contributed by atoms with Crippen molar-refractivity contribution in [1.29, 1.82) is 0 Å². The minimum absolute atomic E-state index is 0.0749. The number of nitrogens with one attached hydrogen (secondary N) is 1. The number of aromatic nitrogens is 2. The van der Waals surface area contributed by atoms with Crippen LogP contribution in [0.1, 0.15) is 12.6 Å². The van der Waals surface area contributed by atoms with E-state index in [1.807, 2.05) is 0 Å². The van der Waals surface area contributed by atoms with Crippen molar-refractivity contribution in [2.45, 2.75) is 20.0 Å². The lowest BCUT2D eigenvalue weighted by Crippen LogP contribution is -2.33. The number of anilines is 1. The molecule has 3 heterocycles. The first-order chi connectivity index (χ1) is 13.4. The van der Waals surface area contributed by atoms with Gasteiger partial charge in [0.05, 0.1) is 10.7 Å². The van der Waals surface area contributed by atoms with E-state index in [-0.39, 0.29) is 12.5 Å². The van der Waals surface area contributed by atoms with Gasteiger partial charge in [-0.3, -0.25) is 14.0 Å². The number of fused-ring (bicyclic) bond motifs is 2. The maximum Gasteiger partial charge on any atom is 0.281 e. The Labute approximate surface area is 164 Å². The topological polar surface area (TPSA) is 91.2 Å². The number of pyridine rings is 1. The highest BCUT2D eigenvalue weighted by atomic mass is 35.5. The van der Waals surface area contributed by atoms with Gasteiger partial charge >= 0.3 is 0 Å². The third-order valence-corrected chi connectivity index (χ3v) is 4.47. The number of hydrogen-bond acceptors (Lipinski definition) is 6. The van der Waals surface area contributed by atoms with Crippen LogP contribution in [0.25, 0.3) is 5.65 Å². The summed E-state index contributed by atoms with van der Waals surface area (Å²) in [5, 5.41) is 2.99. The molecule has 3 aromatic rings. The maximum absolute atomic E-state index is 12.7. The fourth-order valence-corrected chi connectivity index (χ4v) is 2.96. The first-order valence-electron chi connectivity index (χ1n) is 8.48. The quantitative estimate of drug-likeness (QED) is 0.722. The van der Waals surface area contributed by atoms with Crippen molar-refractivity contribution in [1.82, 2.24) is 9.38 Å². The fourth-order valence-electron chi connectivity index (χ4n) is 2.80. The zero-order valence-electron chi connectivity index (χ0n) is 15.1.